The molecule has 11 heteroatoms. The highest BCUT2D eigenvalue weighted by Gasteiger charge is 2.25. The summed E-state index contributed by atoms with van der Waals surface area (Å²) in [6, 6.07) is 10.7. The van der Waals surface area contributed by atoms with Crippen LogP contribution in [-0.2, 0) is 0 Å². The number of nitrogens with two attached hydrogens (primary N) is 1. The minimum atomic E-state index is -0.164. The van der Waals surface area contributed by atoms with Crippen molar-refractivity contribution in [3.63, 3.8) is 0 Å². The molecule has 0 saturated carbocycles. The van der Waals surface area contributed by atoms with Crippen LogP contribution in [-0.4, -0.2) is 105 Å². The van der Waals surface area contributed by atoms with E-state index in [1.807, 2.05) is 43.0 Å². The Balaban J connectivity index is 1.27. The van der Waals surface area contributed by atoms with E-state index in [9.17, 15) is 4.79 Å². The molecule has 0 aliphatic carbocycles. The second kappa shape index (κ2) is 14.1. The van der Waals surface area contributed by atoms with E-state index >= 15 is 0 Å². The van der Waals surface area contributed by atoms with Crippen LogP contribution in [0, 0.1) is 5.41 Å². The van der Waals surface area contributed by atoms with Crippen LogP contribution in [0.1, 0.15) is 25.8 Å². The van der Waals surface area contributed by atoms with Crippen molar-refractivity contribution in [3.05, 3.63) is 42.0 Å². The molecular weight excluding hydrogens is 510 g/mol. The van der Waals surface area contributed by atoms with Gasteiger partial charge < -0.3 is 45.3 Å². The summed E-state index contributed by atoms with van der Waals surface area (Å²) in [6.45, 7) is 11.7. The SMILES string of the molecule is COc1cc(C(=N)N2CCN(C(=O)Nc3ccc(OC(C)C)cc3)CC2)c(N)cc1OCCCN1CCNCC1. The molecule has 0 spiro atoms. The highest BCUT2D eigenvalue weighted by atomic mass is 16.5. The minimum absolute atomic E-state index is 0.0932. The van der Waals surface area contributed by atoms with Gasteiger partial charge in [0.1, 0.15) is 11.6 Å². The first-order chi connectivity index (χ1) is 19.3. The molecule has 0 aromatic heterocycles. The van der Waals surface area contributed by atoms with Gasteiger partial charge in [0.25, 0.3) is 0 Å². The minimum Gasteiger partial charge on any atom is -0.493 e. The van der Waals surface area contributed by atoms with Crippen LogP contribution in [0.5, 0.6) is 17.2 Å². The van der Waals surface area contributed by atoms with Gasteiger partial charge in [-0.1, -0.05) is 0 Å². The quantitative estimate of drug-likeness (QED) is 0.153. The Hall–Kier alpha value is -3.70. The molecule has 40 heavy (non-hydrogen) atoms. The molecule has 2 amide bonds. The highest BCUT2D eigenvalue weighted by molar-refractivity contribution is 6.02. The third-order valence-corrected chi connectivity index (χ3v) is 7.04. The molecule has 0 bridgehead atoms. The number of piperazine rings is 2. The first-order valence-corrected chi connectivity index (χ1v) is 14.0. The second-order valence-electron chi connectivity index (χ2n) is 10.3. The Morgan fingerprint density at radius 1 is 1.02 bits per heavy atom. The summed E-state index contributed by atoms with van der Waals surface area (Å²) in [5, 5.41) is 15.1. The van der Waals surface area contributed by atoms with E-state index in [-0.39, 0.29) is 12.1 Å². The molecule has 2 saturated heterocycles. The molecule has 11 nitrogen and oxygen atoms in total. The fraction of sp³-hybridized carbons (Fsp3) is 0.517. The number of amides is 2. The Bertz CT molecular complexity index is 1130. The molecule has 2 aromatic rings. The number of rotatable bonds is 10. The fourth-order valence-electron chi connectivity index (χ4n) is 4.85. The van der Waals surface area contributed by atoms with Gasteiger partial charge in [0.15, 0.2) is 11.5 Å². The molecule has 4 rings (SSSR count). The lowest BCUT2D eigenvalue weighted by Gasteiger charge is -2.36. The molecular formula is C29H43N7O4. The first-order valence-electron chi connectivity index (χ1n) is 14.0. The third-order valence-electron chi connectivity index (χ3n) is 7.04. The van der Waals surface area contributed by atoms with E-state index in [1.54, 1.807) is 24.1 Å². The smallest absolute Gasteiger partial charge is 0.321 e. The zero-order valence-corrected chi connectivity index (χ0v) is 23.9. The number of nitrogens with zero attached hydrogens (tertiary/aromatic N) is 3. The molecule has 2 heterocycles. The normalized spacial score (nSPS) is 16.1. The van der Waals surface area contributed by atoms with Crippen LogP contribution in [0.25, 0.3) is 0 Å². The van der Waals surface area contributed by atoms with Gasteiger partial charge in [-0.15, -0.1) is 0 Å². The molecule has 2 fully saturated rings. The van der Waals surface area contributed by atoms with Gasteiger partial charge in [0.2, 0.25) is 0 Å². The van der Waals surface area contributed by atoms with Crippen molar-refractivity contribution in [1.29, 1.82) is 5.41 Å². The average molecular weight is 554 g/mol. The lowest BCUT2D eigenvalue weighted by molar-refractivity contribution is 0.181. The van der Waals surface area contributed by atoms with E-state index in [0.717, 1.165) is 44.9 Å². The maximum Gasteiger partial charge on any atom is 0.321 e. The number of carbonyl (C=O) groups is 1. The van der Waals surface area contributed by atoms with E-state index in [4.69, 9.17) is 25.4 Å². The Kier molecular flexibility index (Phi) is 10.3. The number of nitrogens with one attached hydrogen (secondary N) is 3. The molecule has 218 valence electrons. The molecule has 2 aliphatic rings. The van der Waals surface area contributed by atoms with Gasteiger partial charge in [-0.05, 0) is 50.6 Å². The summed E-state index contributed by atoms with van der Waals surface area (Å²) >= 11 is 0. The van der Waals surface area contributed by atoms with Gasteiger partial charge >= 0.3 is 6.03 Å². The van der Waals surface area contributed by atoms with Crippen LogP contribution in [0.15, 0.2) is 36.4 Å². The van der Waals surface area contributed by atoms with Crippen molar-refractivity contribution in [2.75, 3.05) is 83.7 Å². The van der Waals surface area contributed by atoms with Crippen LogP contribution in [0.3, 0.4) is 0 Å². The summed E-state index contributed by atoms with van der Waals surface area (Å²) in [6.07, 6.45) is 1.01. The lowest BCUT2D eigenvalue weighted by atomic mass is 10.1. The molecule has 5 N–H and O–H groups in total. The summed E-state index contributed by atoms with van der Waals surface area (Å²) in [4.78, 5) is 18.9. The van der Waals surface area contributed by atoms with Crippen LogP contribution in [0.4, 0.5) is 16.2 Å². The van der Waals surface area contributed by atoms with E-state index in [1.165, 1.54) is 0 Å². The van der Waals surface area contributed by atoms with Gasteiger partial charge in [-0.25, -0.2) is 4.79 Å². The topological polar surface area (TPSA) is 128 Å². The molecule has 0 atom stereocenters. The Labute approximate surface area is 237 Å². The van der Waals surface area contributed by atoms with Crippen molar-refractivity contribution in [2.45, 2.75) is 26.4 Å². The molecule has 0 radical (unpaired) electrons. The number of hydrogen-bond acceptors (Lipinski definition) is 8. The fourth-order valence-corrected chi connectivity index (χ4v) is 4.85. The first kappa shape index (κ1) is 29.3. The number of carbonyl (C=O) groups excluding carboxylic acids is 1. The summed E-state index contributed by atoms with van der Waals surface area (Å²) in [5.41, 5.74) is 8.14. The maximum atomic E-state index is 12.8. The van der Waals surface area contributed by atoms with Crippen LogP contribution in [0.2, 0.25) is 0 Å². The Morgan fingerprint density at radius 3 is 2.35 bits per heavy atom. The number of ether oxygens (including phenoxy) is 3. The standard InChI is InChI=1S/C29H43N7O4/c1-21(2)40-23-7-5-22(6-8-23)33-29(37)36-16-14-35(15-17-36)28(31)24-19-26(38-3)27(20-25(24)30)39-18-4-11-34-12-9-32-10-13-34/h5-8,19-21,31-32H,4,9-18,30H2,1-3H3,(H,33,37). The zero-order valence-electron chi connectivity index (χ0n) is 23.9. The van der Waals surface area contributed by atoms with Crippen LogP contribution < -0.4 is 30.6 Å². The van der Waals surface area contributed by atoms with Crippen molar-refractivity contribution in [2.24, 2.45) is 0 Å². The summed E-state index contributed by atoms with van der Waals surface area (Å²) in [5.74, 6) is 2.21. The van der Waals surface area contributed by atoms with Crippen molar-refractivity contribution in [1.82, 2.24) is 20.0 Å². The number of amidine groups is 1. The van der Waals surface area contributed by atoms with Gasteiger partial charge in [-0.3, -0.25) is 5.41 Å². The number of hydrogen-bond donors (Lipinski definition) is 4. The number of methoxy groups -OCH3 is 1. The average Bonchev–Trinajstić information content (AvgIpc) is 2.96. The van der Waals surface area contributed by atoms with Gasteiger partial charge in [0.05, 0.1) is 19.8 Å². The van der Waals surface area contributed by atoms with E-state index in [0.29, 0.717) is 67.1 Å². The maximum absolute atomic E-state index is 12.8. The number of benzene rings is 2. The van der Waals surface area contributed by atoms with E-state index < -0.39 is 0 Å². The van der Waals surface area contributed by atoms with Gasteiger partial charge in [-0.2, -0.15) is 0 Å². The summed E-state index contributed by atoms with van der Waals surface area (Å²) in [7, 11) is 1.59. The van der Waals surface area contributed by atoms with Crippen molar-refractivity contribution in [3.8, 4) is 17.2 Å². The van der Waals surface area contributed by atoms with Gasteiger partial charge in [0, 0.05) is 81.9 Å². The van der Waals surface area contributed by atoms with Crippen molar-refractivity contribution >= 4 is 23.2 Å². The number of anilines is 2. The molecule has 0 unspecified atom stereocenters. The van der Waals surface area contributed by atoms with Crippen molar-refractivity contribution < 1.29 is 19.0 Å². The highest BCUT2D eigenvalue weighted by Crippen LogP contribution is 2.33. The van der Waals surface area contributed by atoms with Crippen LogP contribution >= 0.6 is 0 Å². The number of nitrogen functional groups attached to an aromatic ring is 1. The number of urea groups is 1. The Morgan fingerprint density at radius 2 is 1.70 bits per heavy atom. The summed E-state index contributed by atoms with van der Waals surface area (Å²) < 4.78 is 17.2. The predicted molar refractivity (Wildman–Crippen MR) is 158 cm³/mol. The third kappa shape index (κ3) is 7.92. The largest absolute Gasteiger partial charge is 0.493 e. The predicted octanol–water partition coefficient (Wildman–Crippen LogP) is 2.91. The second-order valence-corrected chi connectivity index (χ2v) is 10.3. The lowest BCUT2D eigenvalue weighted by Crippen LogP contribution is -2.51. The molecule has 2 aromatic carbocycles. The monoisotopic (exact) mass is 553 g/mol. The van der Waals surface area contributed by atoms with E-state index in [2.05, 4.69) is 15.5 Å². The zero-order chi connectivity index (χ0) is 28.5. The molecule has 2 aliphatic heterocycles.